The second kappa shape index (κ2) is 10.7. The van der Waals surface area contributed by atoms with Gasteiger partial charge in [0.25, 0.3) is 0 Å². The predicted octanol–water partition coefficient (Wildman–Crippen LogP) is 3.30. The Morgan fingerprint density at radius 2 is 2.13 bits per heavy atom. The SMILES string of the molecule is CCC(=O)CNCCC(Cc1cc(I)ccc1OCF)C(C)=O. The van der Waals surface area contributed by atoms with Crippen molar-refractivity contribution in [3.05, 3.63) is 27.3 Å². The van der Waals surface area contributed by atoms with Gasteiger partial charge >= 0.3 is 0 Å². The molecule has 0 saturated carbocycles. The summed E-state index contributed by atoms with van der Waals surface area (Å²) in [5.74, 6) is 0.534. The molecule has 23 heavy (non-hydrogen) atoms. The minimum atomic E-state index is -0.890. The van der Waals surface area contributed by atoms with Crippen molar-refractivity contribution in [1.29, 1.82) is 0 Å². The van der Waals surface area contributed by atoms with Gasteiger partial charge in [-0.25, -0.2) is 4.39 Å². The van der Waals surface area contributed by atoms with E-state index in [-0.39, 0.29) is 17.5 Å². The molecule has 0 radical (unpaired) electrons. The largest absolute Gasteiger partial charge is 0.463 e. The van der Waals surface area contributed by atoms with Gasteiger partial charge in [-0.05, 0) is 72.7 Å². The maximum atomic E-state index is 12.5. The number of carbonyl (C=O) groups is 2. The first-order chi connectivity index (χ1) is 11.0. The summed E-state index contributed by atoms with van der Waals surface area (Å²) in [6.45, 7) is 3.43. The quantitative estimate of drug-likeness (QED) is 0.428. The minimum Gasteiger partial charge on any atom is -0.463 e. The molecule has 1 rings (SSSR count). The van der Waals surface area contributed by atoms with Gasteiger partial charge in [0.05, 0.1) is 6.54 Å². The molecule has 0 aromatic heterocycles. The van der Waals surface area contributed by atoms with E-state index in [4.69, 9.17) is 4.74 Å². The predicted molar refractivity (Wildman–Crippen MR) is 96.4 cm³/mol. The van der Waals surface area contributed by atoms with Crippen LogP contribution in [0.15, 0.2) is 18.2 Å². The van der Waals surface area contributed by atoms with Crippen LogP contribution in [0.2, 0.25) is 0 Å². The van der Waals surface area contributed by atoms with Crippen LogP contribution in [0.25, 0.3) is 0 Å². The molecule has 0 saturated heterocycles. The first-order valence-electron chi connectivity index (χ1n) is 7.68. The third-order valence-corrected chi connectivity index (χ3v) is 4.33. The number of halogens is 2. The number of carbonyl (C=O) groups excluding carboxylic acids is 2. The van der Waals surface area contributed by atoms with E-state index < -0.39 is 6.86 Å². The molecule has 0 aliphatic carbocycles. The zero-order chi connectivity index (χ0) is 17.2. The number of rotatable bonds is 11. The number of benzene rings is 1. The van der Waals surface area contributed by atoms with Crippen LogP contribution in [0.3, 0.4) is 0 Å². The van der Waals surface area contributed by atoms with Crippen LogP contribution in [-0.2, 0) is 16.0 Å². The van der Waals surface area contributed by atoms with Crippen molar-refractivity contribution >= 4 is 34.2 Å². The van der Waals surface area contributed by atoms with Gasteiger partial charge in [0, 0.05) is 15.9 Å². The van der Waals surface area contributed by atoms with Gasteiger partial charge in [-0.15, -0.1) is 0 Å². The van der Waals surface area contributed by atoms with E-state index in [1.165, 1.54) is 0 Å². The molecule has 0 heterocycles. The van der Waals surface area contributed by atoms with Crippen molar-refractivity contribution in [3.8, 4) is 5.75 Å². The summed E-state index contributed by atoms with van der Waals surface area (Å²) in [5, 5.41) is 3.06. The smallest absolute Gasteiger partial charge is 0.228 e. The summed E-state index contributed by atoms with van der Waals surface area (Å²) in [4.78, 5) is 23.1. The Kier molecular flexibility index (Phi) is 9.31. The second-order valence-corrected chi connectivity index (χ2v) is 6.62. The van der Waals surface area contributed by atoms with Gasteiger partial charge in [-0.1, -0.05) is 6.92 Å². The topological polar surface area (TPSA) is 55.4 Å². The molecule has 1 unspecified atom stereocenters. The van der Waals surface area contributed by atoms with E-state index in [9.17, 15) is 14.0 Å². The van der Waals surface area contributed by atoms with E-state index in [0.717, 1.165) is 9.13 Å². The average Bonchev–Trinajstić information content (AvgIpc) is 2.52. The van der Waals surface area contributed by atoms with Crippen molar-refractivity contribution in [1.82, 2.24) is 5.32 Å². The van der Waals surface area contributed by atoms with Crippen LogP contribution in [0.5, 0.6) is 5.75 Å². The zero-order valence-electron chi connectivity index (χ0n) is 13.5. The highest BCUT2D eigenvalue weighted by Gasteiger charge is 2.17. The lowest BCUT2D eigenvalue weighted by atomic mass is 9.92. The fraction of sp³-hybridized carbons (Fsp3) is 0.529. The number of Topliss-reactive ketones (excluding diaryl/α,β-unsaturated/α-hetero) is 2. The third kappa shape index (κ3) is 7.39. The van der Waals surface area contributed by atoms with Gasteiger partial charge in [-0.2, -0.15) is 0 Å². The molecule has 1 aromatic rings. The summed E-state index contributed by atoms with van der Waals surface area (Å²) in [7, 11) is 0. The number of hydrogen-bond donors (Lipinski definition) is 1. The minimum absolute atomic E-state index is 0.0821. The normalized spacial score (nSPS) is 12.0. The first-order valence-corrected chi connectivity index (χ1v) is 8.75. The summed E-state index contributed by atoms with van der Waals surface area (Å²) in [5.41, 5.74) is 0.833. The zero-order valence-corrected chi connectivity index (χ0v) is 15.7. The lowest BCUT2D eigenvalue weighted by Crippen LogP contribution is -2.27. The Balaban J connectivity index is 2.67. The molecule has 0 amide bonds. The average molecular weight is 435 g/mol. The Hall–Kier alpha value is -1.02. The van der Waals surface area contributed by atoms with E-state index in [1.807, 2.05) is 19.1 Å². The maximum absolute atomic E-state index is 12.5. The Morgan fingerprint density at radius 1 is 1.39 bits per heavy atom. The summed E-state index contributed by atoms with van der Waals surface area (Å²) in [6.07, 6.45) is 1.65. The van der Waals surface area contributed by atoms with Gasteiger partial charge in [0.1, 0.15) is 17.3 Å². The monoisotopic (exact) mass is 435 g/mol. The Bertz CT molecular complexity index is 537. The lowest BCUT2D eigenvalue weighted by Gasteiger charge is -2.17. The molecule has 0 aliphatic heterocycles. The Labute approximate surface area is 150 Å². The Morgan fingerprint density at radius 3 is 2.74 bits per heavy atom. The van der Waals surface area contributed by atoms with Crippen molar-refractivity contribution in [3.63, 3.8) is 0 Å². The molecule has 0 spiro atoms. The first kappa shape index (κ1) is 20.0. The molecule has 6 heteroatoms. The van der Waals surface area contributed by atoms with Crippen LogP contribution in [-0.4, -0.2) is 31.5 Å². The second-order valence-electron chi connectivity index (χ2n) is 5.37. The van der Waals surface area contributed by atoms with Gasteiger partial charge in [0.15, 0.2) is 0 Å². The van der Waals surface area contributed by atoms with Gasteiger partial charge in [-0.3, -0.25) is 9.59 Å². The van der Waals surface area contributed by atoms with Gasteiger partial charge in [0.2, 0.25) is 6.86 Å². The summed E-state index contributed by atoms with van der Waals surface area (Å²) < 4.78 is 18.5. The third-order valence-electron chi connectivity index (χ3n) is 3.66. The molecule has 4 nitrogen and oxygen atoms in total. The molecule has 0 bridgehead atoms. The van der Waals surface area contributed by atoms with Crippen molar-refractivity contribution in [2.45, 2.75) is 33.1 Å². The molecule has 1 N–H and O–H groups in total. The number of hydrogen-bond acceptors (Lipinski definition) is 4. The summed E-state index contributed by atoms with van der Waals surface area (Å²) >= 11 is 2.18. The molecular weight excluding hydrogens is 412 g/mol. The highest BCUT2D eigenvalue weighted by molar-refractivity contribution is 14.1. The fourth-order valence-corrected chi connectivity index (χ4v) is 2.81. The van der Waals surface area contributed by atoms with Crippen LogP contribution in [0.4, 0.5) is 4.39 Å². The van der Waals surface area contributed by atoms with E-state index in [0.29, 0.717) is 38.1 Å². The molecule has 128 valence electrons. The summed E-state index contributed by atoms with van der Waals surface area (Å²) in [6, 6.07) is 5.48. The number of nitrogens with one attached hydrogen (secondary N) is 1. The molecular formula is C17H23FINO3. The highest BCUT2D eigenvalue weighted by Crippen LogP contribution is 2.25. The number of alkyl halides is 1. The van der Waals surface area contributed by atoms with Gasteiger partial charge < -0.3 is 10.1 Å². The number of ketones is 2. The van der Waals surface area contributed by atoms with Crippen molar-refractivity contribution < 1.29 is 18.7 Å². The van der Waals surface area contributed by atoms with Crippen LogP contribution >= 0.6 is 22.6 Å². The molecule has 0 aliphatic rings. The van der Waals surface area contributed by atoms with E-state index in [1.54, 1.807) is 13.0 Å². The van der Waals surface area contributed by atoms with E-state index in [2.05, 4.69) is 27.9 Å². The molecule has 1 aromatic carbocycles. The van der Waals surface area contributed by atoms with E-state index >= 15 is 0 Å². The lowest BCUT2D eigenvalue weighted by molar-refractivity contribution is -0.120. The molecule has 0 fully saturated rings. The fourth-order valence-electron chi connectivity index (χ4n) is 2.25. The van der Waals surface area contributed by atoms with Crippen molar-refractivity contribution in [2.75, 3.05) is 20.0 Å². The maximum Gasteiger partial charge on any atom is 0.228 e. The van der Waals surface area contributed by atoms with Crippen LogP contribution in [0, 0.1) is 9.49 Å². The van der Waals surface area contributed by atoms with Crippen molar-refractivity contribution in [2.24, 2.45) is 5.92 Å². The highest BCUT2D eigenvalue weighted by atomic mass is 127. The number of ether oxygens (including phenoxy) is 1. The standard InChI is InChI=1S/C17H23FINO3/c1-3-16(22)10-20-7-6-13(12(2)21)8-14-9-15(19)4-5-17(14)23-11-18/h4-5,9,13,20H,3,6-8,10-11H2,1-2H3. The van der Waals surface area contributed by atoms with Crippen LogP contribution < -0.4 is 10.1 Å². The molecule has 1 atom stereocenters. The van der Waals surface area contributed by atoms with Crippen LogP contribution in [0.1, 0.15) is 32.3 Å².